The molecule has 1 aromatic rings. The number of ether oxygens (including phenoxy) is 1. The van der Waals surface area contributed by atoms with Crippen molar-refractivity contribution in [2.75, 3.05) is 24.6 Å². The molecule has 1 fully saturated rings. The Bertz CT molecular complexity index is 441. The van der Waals surface area contributed by atoms with Crippen LogP contribution in [0.1, 0.15) is 20.8 Å². The minimum atomic E-state index is -0.958. The highest BCUT2D eigenvalue weighted by molar-refractivity contribution is 5.68. The molecule has 1 N–H and O–H groups in total. The molecule has 0 bridgehead atoms. The Morgan fingerprint density at radius 2 is 1.89 bits per heavy atom. The van der Waals surface area contributed by atoms with E-state index in [-0.39, 0.29) is 6.61 Å². The fourth-order valence-electron chi connectivity index (χ4n) is 2.14. The first-order valence-electron chi connectivity index (χ1n) is 6.56. The molecule has 0 atom stereocenters. The summed E-state index contributed by atoms with van der Waals surface area (Å²) in [6.45, 7) is 8.69. The number of carboxylic acids is 1. The van der Waals surface area contributed by atoms with Gasteiger partial charge in [0.15, 0.2) is 6.61 Å². The molecular weight excluding hydrogens is 242 g/mol. The Morgan fingerprint density at radius 3 is 2.37 bits per heavy atom. The highest BCUT2D eigenvalue weighted by Crippen LogP contribution is 2.36. The van der Waals surface area contributed by atoms with Crippen LogP contribution in [0.25, 0.3) is 0 Å². The Labute approximate surface area is 114 Å². The maximum atomic E-state index is 10.4. The zero-order valence-electron chi connectivity index (χ0n) is 11.7. The minimum Gasteiger partial charge on any atom is -0.482 e. The third kappa shape index (κ3) is 3.40. The van der Waals surface area contributed by atoms with Crippen molar-refractivity contribution in [3.63, 3.8) is 0 Å². The van der Waals surface area contributed by atoms with Crippen LogP contribution in [0.15, 0.2) is 24.3 Å². The van der Waals surface area contributed by atoms with E-state index in [4.69, 9.17) is 9.84 Å². The van der Waals surface area contributed by atoms with Gasteiger partial charge in [-0.15, -0.1) is 0 Å². The summed E-state index contributed by atoms with van der Waals surface area (Å²) in [6, 6.07) is 7.61. The molecule has 0 spiro atoms. The van der Waals surface area contributed by atoms with Crippen LogP contribution in [0.5, 0.6) is 5.75 Å². The highest BCUT2D eigenvalue weighted by Gasteiger charge is 2.35. The maximum absolute atomic E-state index is 10.4. The van der Waals surface area contributed by atoms with Crippen molar-refractivity contribution in [1.82, 2.24) is 0 Å². The largest absolute Gasteiger partial charge is 0.482 e. The average molecular weight is 263 g/mol. The number of carbonyl (C=O) groups is 1. The van der Waals surface area contributed by atoms with Gasteiger partial charge in [-0.1, -0.05) is 20.8 Å². The second-order valence-corrected chi connectivity index (χ2v) is 6.14. The van der Waals surface area contributed by atoms with Crippen LogP contribution in [0, 0.1) is 11.3 Å². The molecule has 0 unspecified atom stereocenters. The number of carboxylic acid groups (broad SMARTS) is 1. The molecule has 0 amide bonds. The summed E-state index contributed by atoms with van der Waals surface area (Å²) in [5, 5.41) is 8.54. The number of nitrogens with zero attached hydrogens (tertiary/aromatic N) is 1. The minimum absolute atomic E-state index is 0.296. The zero-order valence-corrected chi connectivity index (χ0v) is 11.7. The molecule has 1 aliphatic heterocycles. The lowest BCUT2D eigenvalue weighted by atomic mass is 9.76. The first kappa shape index (κ1) is 13.7. The van der Waals surface area contributed by atoms with E-state index < -0.39 is 5.97 Å². The summed E-state index contributed by atoms with van der Waals surface area (Å²) in [5.41, 5.74) is 1.53. The van der Waals surface area contributed by atoms with Gasteiger partial charge in [-0.3, -0.25) is 0 Å². The molecule has 4 nitrogen and oxygen atoms in total. The van der Waals surface area contributed by atoms with E-state index in [2.05, 4.69) is 25.7 Å². The molecule has 1 aliphatic rings. The van der Waals surface area contributed by atoms with E-state index in [1.807, 2.05) is 24.3 Å². The van der Waals surface area contributed by atoms with E-state index in [0.717, 1.165) is 19.0 Å². The summed E-state index contributed by atoms with van der Waals surface area (Å²) in [4.78, 5) is 12.7. The lowest BCUT2D eigenvalue weighted by molar-refractivity contribution is -0.139. The van der Waals surface area contributed by atoms with Crippen molar-refractivity contribution in [2.45, 2.75) is 20.8 Å². The van der Waals surface area contributed by atoms with Crippen LogP contribution in [0.3, 0.4) is 0 Å². The van der Waals surface area contributed by atoms with Gasteiger partial charge in [-0.2, -0.15) is 0 Å². The quantitative estimate of drug-likeness (QED) is 0.907. The summed E-state index contributed by atoms with van der Waals surface area (Å²) >= 11 is 0. The Morgan fingerprint density at radius 1 is 1.32 bits per heavy atom. The summed E-state index contributed by atoms with van der Waals surface area (Å²) in [6.07, 6.45) is 0. The monoisotopic (exact) mass is 263 g/mol. The van der Waals surface area contributed by atoms with E-state index in [1.54, 1.807) is 0 Å². The fraction of sp³-hybridized carbons (Fsp3) is 0.533. The van der Waals surface area contributed by atoms with Gasteiger partial charge in [0.05, 0.1) is 0 Å². The molecule has 2 rings (SSSR count). The number of benzene rings is 1. The van der Waals surface area contributed by atoms with Crippen molar-refractivity contribution in [1.29, 1.82) is 0 Å². The fourth-order valence-corrected chi connectivity index (χ4v) is 2.14. The predicted octanol–water partition coefficient (Wildman–Crippen LogP) is 2.63. The molecule has 0 saturated carbocycles. The first-order chi connectivity index (χ1) is 8.86. The van der Waals surface area contributed by atoms with Gasteiger partial charge in [0.25, 0.3) is 0 Å². The second kappa shape index (κ2) is 5.11. The average Bonchev–Trinajstić information content (AvgIpc) is 2.24. The summed E-state index contributed by atoms with van der Waals surface area (Å²) < 4.78 is 5.11. The van der Waals surface area contributed by atoms with E-state index in [0.29, 0.717) is 11.2 Å². The normalized spacial score (nSPS) is 16.1. The van der Waals surface area contributed by atoms with Crippen LogP contribution in [0.2, 0.25) is 0 Å². The third-order valence-electron chi connectivity index (χ3n) is 3.67. The van der Waals surface area contributed by atoms with Crippen LogP contribution < -0.4 is 9.64 Å². The van der Waals surface area contributed by atoms with Crippen LogP contribution in [-0.4, -0.2) is 30.8 Å². The number of hydrogen-bond donors (Lipinski definition) is 1. The van der Waals surface area contributed by atoms with E-state index >= 15 is 0 Å². The number of rotatable bonds is 4. The molecule has 1 heterocycles. The molecule has 19 heavy (non-hydrogen) atoms. The van der Waals surface area contributed by atoms with E-state index in [1.165, 1.54) is 5.69 Å². The lowest BCUT2D eigenvalue weighted by Gasteiger charge is -2.47. The SMILES string of the molecule is CC(C)(C)C1CN(c2ccc(OCC(=O)O)cc2)C1. The van der Waals surface area contributed by atoms with Crippen molar-refractivity contribution in [3.8, 4) is 5.75 Å². The van der Waals surface area contributed by atoms with Gasteiger partial charge in [-0.25, -0.2) is 4.79 Å². The summed E-state index contributed by atoms with van der Waals surface area (Å²) in [7, 11) is 0. The molecule has 1 saturated heterocycles. The van der Waals surface area contributed by atoms with Gasteiger partial charge in [0.1, 0.15) is 5.75 Å². The molecule has 0 aliphatic carbocycles. The van der Waals surface area contributed by atoms with Gasteiger partial charge in [-0.05, 0) is 35.6 Å². The van der Waals surface area contributed by atoms with Gasteiger partial charge in [0.2, 0.25) is 0 Å². The smallest absolute Gasteiger partial charge is 0.341 e. The third-order valence-corrected chi connectivity index (χ3v) is 3.67. The van der Waals surface area contributed by atoms with Crippen molar-refractivity contribution in [3.05, 3.63) is 24.3 Å². The Balaban J connectivity index is 1.88. The van der Waals surface area contributed by atoms with Crippen LogP contribution in [0.4, 0.5) is 5.69 Å². The number of anilines is 1. The lowest BCUT2D eigenvalue weighted by Crippen LogP contribution is -2.52. The standard InChI is InChI=1S/C15H21NO3/c1-15(2,3)11-8-16(9-11)12-4-6-13(7-5-12)19-10-14(17)18/h4-7,11H,8-10H2,1-3H3,(H,17,18). The number of aliphatic carboxylic acids is 1. The molecule has 1 aromatic carbocycles. The maximum Gasteiger partial charge on any atom is 0.341 e. The zero-order chi connectivity index (χ0) is 14.0. The van der Waals surface area contributed by atoms with Crippen LogP contribution in [-0.2, 0) is 4.79 Å². The van der Waals surface area contributed by atoms with E-state index in [9.17, 15) is 4.79 Å². The van der Waals surface area contributed by atoms with Crippen LogP contribution >= 0.6 is 0 Å². The Hall–Kier alpha value is -1.71. The van der Waals surface area contributed by atoms with Gasteiger partial charge in [0, 0.05) is 18.8 Å². The van der Waals surface area contributed by atoms with Crippen molar-refractivity contribution < 1.29 is 14.6 Å². The Kier molecular flexibility index (Phi) is 3.69. The summed E-state index contributed by atoms with van der Waals surface area (Å²) in [5.74, 6) is 0.370. The molecule has 0 radical (unpaired) electrons. The van der Waals surface area contributed by atoms with Crippen molar-refractivity contribution in [2.24, 2.45) is 11.3 Å². The molecule has 0 aromatic heterocycles. The second-order valence-electron chi connectivity index (χ2n) is 6.14. The molecule has 4 heteroatoms. The van der Waals surface area contributed by atoms with Crippen molar-refractivity contribution >= 4 is 11.7 Å². The topological polar surface area (TPSA) is 49.8 Å². The number of hydrogen-bond acceptors (Lipinski definition) is 3. The molecular formula is C15H21NO3. The molecule has 104 valence electrons. The van der Waals surface area contributed by atoms with Gasteiger partial charge < -0.3 is 14.7 Å². The first-order valence-corrected chi connectivity index (χ1v) is 6.56. The highest BCUT2D eigenvalue weighted by atomic mass is 16.5. The predicted molar refractivity (Wildman–Crippen MR) is 74.7 cm³/mol. The van der Waals surface area contributed by atoms with Gasteiger partial charge >= 0.3 is 5.97 Å².